The van der Waals surface area contributed by atoms with Gasteiger partial charge in [0.2, 0.25) is 0 Å². The van der Waals surface area contributed by atoms with Crippen LogP contribution < -0.4 is 0 Å². The van der Waals surface area contributed by atoms with E-state index in [-0.39, 0.29) is 47.0 Å². The molecule has 0 aromatic heterocycles. The minimum Gasteiger partial charge on any atom is -0.462 e. The molecule has 2 aliphatic carbocycles. The zero-order valence-corrected chi connectivity index (χ0v) is 27.9. The Balaban J connectivity index is 1.30. The number of ether oxygens (including phenoxy) is 4. The maximum Gasteiger partial charge on any atom is 0.336 e. The Morgan fingerprint density at radius 2 is 1.40 bits per heavy atom. The number of benzene rings is 3. The van der Waals surface area contributed by atoms with Gasteiger partial charge in [-0.15, -0.1) is 0 Å². The van der Waals surface area contributed by atoms with Gasteiger partial charge in [-0.2, -0.15) is 0 Å². The molecule has 2 heterocycles. The smallest absolute Gasteiger partial charge is 0.336 e. The number of fused-ring (bicyclic) bond motifs is 3. The van der Waals surface area contributed by atoms with Crippen LogP contribution in [-0.2, 0) is 34.1 Å². The summed E-state index contributed by atoms with van der Waals surface area (Å²) in [6.45, 7) is 9.14. The molecular weight excluding hydrogens is 588 g/mol. The summed E-state index contributed by atoms with van der Waals surface area (Å²) in [5, 5.41) is 0. The lowest BCUT2D eigenvalue weighted by Gasteiger charge is -2.62. The summed E-state index contributed by atoms with van der Waals surface area (Å²) in [6, 6.07) is 31.3. The third kappa shape index (κ3) is 5.25. The van der Waals surface area contributed by atoms with E-state index in [9.17, 15) is 9.59 Å². The Labute approximate surface area is 278 Å². The Kier molecular flexibility index (Phi) is 8.16. The van der Waals surface area contributed by atoms with Crippen LogP contribution in [0.15, 0.2) is 103 Å². The summed E-state index contributed by atoms with van der Waals surface area (Å²) < 4.78 is 25.8. The Morgan fingerprint density at radius 3 is 1.91 bits per heavy atom. The van der Waals surface area contributed by atoms with Crippen molar-refractivity contribution < 1.29 is 28.5 Å². The average molecular weight is 635 g/mol. The lowest BCUT2D eigenvalue weighted by molar-refractivity contribution is -0.220. The van der Waals surface area contributed by atoms with Gasteiger partial charge in [0, 0.05) is 12.3 Å². The van der Waals surface area contributed by atoms with Gasteiger partial charge in [-0.05, 0) is 79.0 Å². The molecule has 3 aromatic carbocycles. The van der Waals surface area contributed by atoms with Crippen molar-refractivity contribution >= 4 is 11.9 Å². The number of hydrogen-bond donors (Lipinski definition) is 0. The fourth-order valence-electron chi connectivity index (χ4n) is 10.00. The van der Waals surface area contributed by atoms with E-state index in [1.54, 1.807) is 0 Å². The van der Waals surface area contributed by atoms with E-state index in [0.717, 1.165) is 48.8 Å². The molecule has 2 saturated carbocycles. The highest BCUT2D eigenvalue weighted by molar-refractivity contribution is 5.91. The molecule has 246 valence electrons. The van der Waals surface area contributed by atoms with E-state index in [0.29, 0.717) is 18.8 Å². The number of cyclic esters (lactones) is 1. The molecule has 7 atom stereocenters. The molecule has 0 spiro atoms. The van der Waals surface area contributed by atoms with E-state index >= 15 is 0 Å². The van der Waals surface area contributed by atoms with Gasteiger partial charge in [-0.25, -0.2) is 4.79 Å². The molecule has 0 amide bonds. The lowest BCUT2D eigenvalue weighted by Crippen LogP contribution is -2.62. The molecule has 3 aromatic rings. The average Bonchev–Trinajstić information content (AvgIpc) is 3.67. The fourth-order valence-corrected chi connectivity index (χ4v) is 10.00. The maximum atomic E-state index is 12.6. The zero-order chi connectivity index (χ0) is 32.9. The van der Waals surface area contributed by atoms with Crippen molar-refractivity contribution in [1.29, 1.82) is 0 Å². The number of hydrogen-bond acceptors (Lipinski definition) is 6. The van der Waals surface area contributed by atoms with Gasteiger partial charge in [0.1, 0.15) is 18.3 Å². The topological polar surface area (TPSA) is 71.1 Å². The number of esters is 2. The van der Waals surface area contributed by atoms with Crippen molar-refractivity contribution in [2.24, 2.45) is 22.7 Å². The van der Waals surface area contributed by atoms with Crippen LogP contribution in [0.2, 0.25) is 0 Å². The molecule has 6 heteroatoms. The minimum absolute atomic E-state index is 0.117. The summed E-state index contributed by atoms with van der Waals surface area (Å²) in [6.07, 6.45) is 5.53. The van der Waals surface area contributed by atoms with E-state index in [1.807, 2.05) is 24.3 Å². The van der Waals surface area contributed by atoms with Gasteiger partial charge in [0.25, 0.3) is 0 Å². The van der Waals surface area contributed by atoms with Crippen LogP contribution in [0, 0.1) is 22.7 Å². The van der Waals surface area contributed by atoms with Crippen molar-refractivity contribution in [2.75, 3.05) is 13.2 Å². The largest absolute Gasteiger partial charge is 0.462 e. The fraction of sp³-hybridized carbons (Fsp3) is 0.463. The highest BCUT2D eigenvalue weighted by atomic mass is 16.6. The van der Waals surface area contributed by atoms with Gasteiger partial charge in [0.15, 0.2) is 0 Å². The SMILES string of the molecule is CC(=O)O[C@@H]1CC[C@]2(C)[C@H](CC[C@@]3(C)O[C@H](C4=CCOC4=O)C[C@@H]23)[C@]1(C)COC(c1ccccc1)(c1ccccc1)c1ccccc1. The molecule has 7 rings (SSSR count). The zero-order valence-electron chi connectivity index (χ0n) is 27.9. The molecule has 6 nitrogen and oxygen atoms in total. The molecule has 47 heavy (non-hydrogen) atoms. The highest BCUT2D eigenvalue weighted by Crippen LogP contribution is 2.67. The standard InChI is InChI=1S/C41H46O6/c1-28(42)46-36-21-23-38(2)34(20-24-40(4)35(38)26-33(47-40)32-22-25-44-37(32)43)39(36,3)27-45-41(29-14-8-5-9-15-29,30-16-10-6-11-17-30)31-18-12-7-13-19-31/h5-19,22,33-36H,20-21,23-27H2,1-4H3/t33-,34-,35-,36+,38+,39-,40+/m0/s1. The molecule has 2 aliphatic heterocycles. The monoisotopic (exact) mass is 634 g/mol. The Hall–Kier alpha value is -3.74. The quantitative estimate of drug-likeness (QED) is 0.186. The van der Waals surface area contributed by atoms with Crippen LogP contribution in [0.4, 0.5) is 0 Å². The summed E-state index contributed by atoms with van der Waals surface area (Å²) in [5.74, 6) is -0.0949. The lowest BCUT2D eigenvalue weighted by atomic mass is 9.44. The molecule has 0 bridgehead atoms. The van der Waals surface area contributed by atoms with Gasteiger partial charge in [0.05, 0.1) is 23.9 Å². The van der Waals surface area contributed by atoms with Crippen molar-refractivity contribution in [1.82, 2.24) is 0 Å². The van der Waals surface area contributed by atoms with Crippen LogP contribution in [-0.4, -0.2) is 43.0 Å². The summed E-state index contributed by atoms with van der Waals surface area (Å²) in [7, 11) is 0. The normalized spacial score (nSPS) is 33.4. The Morgan fingerprint density at radius 1 is 0.830 bits per heavy atom. The van der Waals surface area contributed by atoms with Crippen LogP contribution in [0.3, 0.4) is 0 Å². The second-order valence-corrected chi connectivity index (χ2v) is 14.8. The van der Waals surface area contributed by atoms with E-state index in [4.69, 9.17) is 18.9 Å². The van der Waals surface area contributed by atoms with Gasteiger partial charge in [-0.3, -0.25) is 4.79 Å². The first-order valence-corrected chi connectivity index (χ1v) is 17.1. The first-order valence-electron chi connectivity index (χ1n) is 17.1. The van der Waals surface area contributed by atoms with Crippen molar-refractivity contribution in [3.05, 3.63) is 119 Å². The maximum absolute atomic E-state index is 12.6. The van der Waals surface area contributed by atoms with Crippen LogP contribution in [0.1, 0.15) is 76.5 Å². The molecular formula is C41H46O6. The van der Waals surface area contributed by atoms with E-state index < -0.39 is 11.0 Å². The predicted octanol–water partition coefficient (Wildman–Crippen LogP) is 7.79. The third-order valence-electron chi connectivity index (χ3n) is 12.1. The van der Waals surface area contributed by atoms with Gasteiger partial charge < -0.3 is 18.9 Å². The van der Waals surface area contributed by atoms with E-state index in [1.165, 1.54) is 6.92 Å². The van der Waals surface area contributed by atoms with Crippen LogP contribution in [0.5, 0.6) is 0 Å². The third-order valence-corrected chi connectivity index (χ3v) is 12.1. The summed E-state index contributed by atoms with van der Waals surface area (Å²) in [5.41, 5.74) is 1.95. The first-order chi connectivity index (χ1) is 22.6. The summed E-state index contributed by atoms with van der Waals surface area (Å²) in [4.78, 5) is 25.2. The molecule has 0 unspecified atom stereocenters. The molecule has 4 aliphatic rings. The van der Waals surface area contributed by atoms with E-state index in [2.05, 4.69) is 93.6 Å². The van der Waals surface area contributed by atoms with Crippen molar-refractivity contribution in [2.45, 2.75) is 83.2 Å². The molecule has 0 radical (unpaired) electrons. The summed E-state index contributed by atoms with van der Waals surface area (Å²) >= 11 is 0. The highest BCUT2D eigenvalue weighted by Gasteiger charge is 2.66. The van der Waals surface area contributed by atoms with Crippen LogP contribution in [0.25, 0.3) is 0 Å². The van der Waals surface area contributed by atoms with Crippen molar-refractivity contribution in [3.8, 4) is 0 Å². The number of carbonyl (C=O) groups is 2. The second kappa shape index (κ2) is 12.1. The predicted molar refractivity (Wildman–Crippen MR) is 179 cm³/mol. The molecule has 1 saturated heterocycles. The minimum atomic E-state index is -0.887. The number of rotatable bonds is 8. The Bertz CT molecular complexity index is 1540. The molecule has 3 fully saturated rings. The van der Waals surface area contributed by atoms with Crippen molar-refractivity contribution in [3.63, 3.8) is 0 Å². The van der Waals surface area contributed by atoms with Crippen LogP contribution >= 0.6 is 0 Å². The van der Waals surface area contributed by atoms with Gasteiger partial charge >= 0.3 is 11.9 Å². The second-order valence-electron chi connectivity index (χ2n) is 14.8. The molecule has 0 N–H and O–H groups in total. The first kappa shape index (κ1) is 31.8. The number of carbonyl (C=O) groups excluding carboxylic acids is 2. The van der Waals surface area contributed by atoms with Gasteiger partial charge in [-0.1, -0.05) is 105 Å².